The van der Waals surface area contributed by atoms with Gasteiger partial charge in [0.25, 0.3) is 0 Å². The van der Waals surface area contributed by atoms with Gasteiger partial charge in [0.15, 0.2) is 0 Å². The van der Waals surface area contributed by atoms with Crippen LogP contribution >= 0.6 is 0 Å². The molecule has 2 aromatic carbocycles. The first-order valence-corrected chi connectivity index (χ1v) is 15.1. The first-order valence-electron chi connectivity index (χ1n) is 15.1. The summed E-state index contributed by atoms with van der Waals surface area (Å²) >= 11 is 0. The van der Waals surface area contributed by atoms with E-state index in [2.05, 4.69) is 158 Å². The molecule has 42 heavy (non-hydrogen) atoms. The molecule has 0 aliphatic carbocycles. The molecule has 0 saturated carbocycles. The third kappa shape index (κ3) is 12.2. The van der Waals surface area contributed by atoms with Gasteiger partial charge in [-0.05, 0) is 40.2 Å². The third-order valence-corrected chi connectivity index (χ3v) is 6.96. The van der Waals surface area contributed by atoms with Gasteiger partial charge in [-0.1, -0.05) is 151 Å². The molecule has 0 unspecified atom stereocenters. The number of rotatable bonds is 8. The summed E-state index contributed by atoms with van der Waals surface area (Å²) in [5.74, 6) is 1.61. The SMILES string of the molecule is CC(C)c1cccc(C(C)C)c1N=C(/C=C(/[N-]c1c(C(C)C)cccc1C(C)C)C(C)(C)C)C(C)(C)C.[BH3-][N+](C)C.[Mg+2]. The monoisotopic (exact) mass is 583 g/mol. The van der Waals surface area contributed by atoms with Crippen molar-refractivity contribution >= 4 is 48.1 Å². The molecule has 0 bridgehead atoms. The molecule has 1 radical (unpaired) electrons. The number of aliphatic imine (C=N–C) groups is 1. The number of para-hydroxylation sites is 2. The average molecular weight is 584 g/mol. The smallest absolute Gasteiger partial charge is 0.660 e. The molecule has 5 heteroatoms. The molecule has 229 valence electrons. The van der Waals surface area contributed by atoms with Crippen LogP contribution in [-0.4, -0.2) is 50.8 Å². The van der Waals surface area contributed by atoms with Crippen LogP contribution in [-0.2, 0) is 0 Å². The van der Waals surface area contributed by atoms with Crippen LogP contribution in [0.25, 0.3) is 5.32 Å². The number of benzene rings is 2. The summed E-state index contributed by atoms with van der Waals surface area (Å²) in [6.45, 7) is 31.7. The molecule has 0 heterocycles. The predicted octanol–water partition coefficient (Wildman–Crippen LogP) is 10.2. The number of hydrogen-bond acceptors (Lipinski definition) is 2. The molecule has 0 atom stereocenters. The normalized spacial score (nSPS) is 13.1. The van der Waals surface area contributed by atoms with Gasteiger partial charge in [0.1, 0.15) is 0 Å². The molecule has 0 aliphatic rings. The van der Waals surface area contributed by atoms with Gasteiger partial charge in [0, 0.05) is 11.1 Å². The molecule has 0 amide bonds. The van der Waals surface area contributed by atoms with Crippen molar-refractivity contribution in [3.63, 3.8) is 0 Å². The third-order valence-electron chi connectivity index (χ3n) is 6.96. The van der Waals surface area contributed by atoms with Crippen molar-refractivity contribution < 1.29 is 0 Å². The number of allylic oxidation sites excluding steroid dienone is 2. The zero-order valence-electron chi connectivity index (χ0n) is 29.4. The van der Waals surface area contributed by atoms with Crippen LogP contribution in [0.2, 0.25) is 0 Å². The predicted molar refractivity (Wildman–Crippen MR) is 196 cm³/mol. The van der Waals surface area contributed by atoms with E-state index in [1.807, 2.05) is 0 Å². The van der Waals surface area contributed by atoms with Crippen molar-refractivity contribution in [3.8, 4) is 0 Å². The maximum absolute atomic E-state index is 5.46. The topological polar surface area (TPSA) is 32.4 Å². The van der Waals surface area contributed by atoms with E-state index >= 15 is 0 Å². The summed E-state index contributed by atoms with van der Waals surface area (Å²) in [6.07, 6.45) is 2.28. The Kier molecular flexibility index (Phi) is 16.4. The zero-order valence-corrected chi connectivity index (χ0v) is 30.8. The van der Waals surface area contributed by atoms with E-state index in [-0.39, 0.29) is 33.9 Å². The second-order valence-corrected chi connectivity index (χ2v) is 14.3. The Morgan fingerprint density at radius 2 is 1.02 bits per heavy atom. The van der Waals surface area contributed by atoms with Crippen molar-refractivity contribution in [1.29, 1.82) is 0 Å². The van der Waals surface area contributed by atoms with Gasteiger partial charge < -0.3 is 10.1 Å². The number of hydrogen-bond donors (Lipinski definition) is 0. The molecule has 0 fully saturated rings. The van der Waals surface area contributed by atoms with E-state index in [0.29, 0.717) is 31.7 Å². The van der Waals surface area contributed by atoms with Crippen LogP contribution in [0.5, 0.6) is 0 Å². The Hall–Kier alpha value is -1.56. The van der Waals surface area contributed by atoms with Crippen LogP contribution in [0.3, 0.4) is 0 Å². The number of nitrogens with zero attached hydrogens (tertiary/aromatic N) is 3. The van der Waals surface area contributed by atoms with Crippen molar-refractivity contribution in [2.75, 3.05) is 14.1 Å². The van der Waals surface area contributed by atoms with Crippen molar-refractivity contribution in [2.24, 2.45) is 15.8 Å². The minimum Gasteiger partial charge on any atom is -0.660 e. The van der Waals surface area contributed by atoms with Gasteiger partial charge in [-0.15, -0.1) is 5.69 Å². The molecule has 0 aliphatic heterocycles. The second-order valence-electron chi connectivity index (χ2n) is 14.3. The summed E-state index contributed by atoms with van der Waals surface area (Å²) in [5.41, 5.74) is 9.37. The van der Waals surface area contributed by atoms with Gasteiger partial charge in [-0.25, -0.2) is 0 Å². The van der Waals surface area contributed by atoms with Gasteiger partial charge in [-0.3, -0.25) is 4.99 Å². The molecule has 0 saturated heterocycles. The Bertz CT molecular complexity index is 1120. The fourth-order valence-corrected chi connectivity index (χ4v) is 4.49. The summed E-state index contributed by atoms with van der Waals surface area (Å²) in [7, 11) is 4.75. The molecule has 2 aromatic rings. The van der Waals surface area contributed by atoms with E-state index in [9.17, 15) is 0 Å². The standard InChI is InChI=1S/C35H53N2.C2H9BN.Mg/c1-22(2)26-17-15-18-27(23(3)4)32(26)36-30(34(9,10)11)21-31(35(12,13)14)37-33-28(24(5)6)19-16-20-29(33)25(7)8;1-4(2)3;/h15-25H,1-14H3;1-3H3;/q-1;;+2/b30-21+,37-31?;;. The Labute approximate surface area is 278 Å². The molecule has 0 N–H and O–H groups in total. The van der Waals surface area contributed by atoms with E-state index < -0.39 is 0 Å². The molecule has 2 rings (SSSR count). The summed E-state index contributed by atoms with van der Waals surface area (Å²) in [4.78, 5) is 7.71. The van der Waals surface area contributed by atoms with Gasteiger partial charge in [0.2, 0.25) is 7.98 Å². The Morgan fingerprint density at radius 1 is 0.690 bits per heavy atom. The molecular weight excluding hydrogens is 522 g/mol. The Morgan fingerprint density at radius 3 is 1.31 bits per heavy atom. The van der Waals surface area contributed by atoms with Crippen LogP contribution in [0.1, 0.15) is 143 Å². The van der Waals surface area contributed by atoms with E-state index in [1.54, 1.807) is 0 Å². The maximum Gasteiger partial charge on any atom is 2.00 e. The largest absolute Gasteiger partial charge is 2.00 e. The van der Waals surface area contributed by atoms with Crippen LogP contribution in [0, 0.1) is 10.8 Å². The van der Waals surface area contributed by atoms with Gasteiger partial charge in [-0.2, -0.15) is 5.70 Å². The Balaban J connectivity index is 0.00000315. The molecule has 0 aromatic heterocycles. The van der Waals surface area contributed by atoms with Gasteiger partial charge >= 0.3 is 23.1 Å². The van der Waals surface area contributed by atoms with Crippen LogP contribution < -0.4 is 4.81 Å². The van der Waals surface area contributed by atoms with Crippen molar-refractivity contribution in [3.05, 3.63) is 75.7 Å². The minimum atomic E-state index is -0.136. The van der Waals surface area contributed by atoms with Crippen LogP contribution in [0.15, 0.2) is 53.2 Å². The molecule has 3 nitrogen and oxygen atoms in total. The van der Waals surface area contributed by atoms with Crippen molar-refractivity contribution in [2.45, 2.75) is 121 Å². The fraction of sp³-hybridized carbons (Fsp3) is 0.595. The summed E-state index contributed by atoms with van der Waals surface area (Å²) < 4.78 is 0. The molecule has 0 spiro atoms. The quantitative estimate of drug-likeness (QED) is 0.219. The van der Waals surface area contributed by atoms with E-state index in [4.69, 9.17) is 10.3 Å². The van der Waals surface area contributed by atoms with E-state index in [0.717, 1.165) is 22.8 Å². The van der Waals surface area contributed by atoms with Crippen molar-refractivity contribution in [1.82, 2.24) is 4.81 Å². The first kappa shape index (κ1) is 40.4. The minimum absolute atomic E-state index is 0. The molecular formula is C37H62BMgN3+. The van der Waals surface area contributed by atoms with Crippen LogP contribution in [0.4, 0.5) is 11.4 Å². The second kappa shape index (κ2) is 17.1. The summed E-state index contributed by atoms with van der Waals surface area (Å²) in [5, 5.41) is 5.46. The van der Waals surface area contributed by atoms with E-state index in [1.165, 1.54) is 22.3 Å². The first-order chi connectivity index (χ1) is 18.7. The van der Waals surface area contributed by atoms with Gasteiger partial charge in [0.05, 0.1) is 19.8 Å². The maximum atomic E-state index is 5.46. The fourth-order valence-electron chi connectivity index (χ4n) is 4.49. The zero-order chi connectivity index (χ0) is 31.9. The average Bonchev–Trinajstić information content (AvgIpc) is 2.80. The summed E-state index contributed by atoms with van der Waals surface area (Å²) in [6, 6.07) is 13.3.